The number of benzene rings is 2. The molecule has 4 nitrogen and oxygen atoms in total. The van der Waals surface area contributed by atoms with Crippen LogP contribution in [-0.2, 0) is 11.3 Å². The minimum atomic E-state index is -0.0193. The Kier molecular flexibility index (Phi) is 4.74. The van der Waals surface area contributed by atoms with E-state index in [-0.39, 0.29) is 17.9 Å². The summed E-state index contributed by atoms with van der Waals surface area (Å²) in [5.41, 5.74) is 9.23. The third-order valence-corrected chi connectivity index (χ3v) is 4.39. The fourth-order valence-electron chi connectivity index (χ4n) is 3.14. The number of hydrogen-bond donors (Lipinski definition) is 1. The van der Waals surface area contributed by atoms with Gasteiger partial charge in [-0.25, -0.2) is 0 Å². The zero-order valence-corrected chi connectivity index (χ0v) is 13.3. The van der Waals surface area contributed by atoms with Crippen molar-refractivity contribution in [3.63, 3.8) is 0 Å². The molecule has 1 fully saturated rings. The Labute approximate surface area is 136 Å². The number of likely N-dealkylation sites (tertiary alicyclic amines) is 1. The van der Waals surface area contributed by atoms with Crippen LogP contribution in [0.1, 0.15) is 27.4 Å². The maximum atomic E-state index is 12.7. The van der Waals surface area contributed by atoms with E-state index in [1.54, 1.807) is 7.11 Å². The first-order valence-electron chi connectivity index (χ1n) is 7.86. The summed E-state index contributed by atoms with van der Waals surface area (Å²) in [6, 6.07) is 17.8. The lowest BCUT2D eigenvalue weighted by Crippen LogP contribution is -2.32. The second-order valence-electron chi connectivity index (χ2n) is 6.02. The molecule has 0 saturated carbocycles. The molecule has 1 heterocycles. The van der Waals surface area contributed by atoms with Crippen LogP contribution in [-0.4, -0.2) is 37.0 Å². The van der Waals surface area contributed by atoms with Crippen LogP contribution in [0, 0.1) is 0 Å². The average Bonchev–Trinajstić information content (AvgIpc) is 2.98. The van der Waals surface area contributed by atoms with Gasteiger partial charge in [-0.1, -0.05) is 42.5 Å². The molecule has 2 atom stereocenters. The number of hydrogen-bond acceptors (Lipinski definition) is 3. The molecule has 1 saturated heterocycles. The second kappa shape index (κ2) is 6.94. The van der Waals surface area contributed by atoms with Gasteiger partial charge in [-0.15, -0.1) is 0 Å². The Balaban J connectivity index is 1.71. The van der Waals surface area contributed by atoms with E-state index >= 15 is 0 Å². The van der Waals surface area contributed by atoms with Crippen LogP contribution in [0.2, 0.25) is 0 Å². The highest BCUT2D eigenvalue weighted by molar-refractivity contribution is 5.94. The van der Waals surface area contributed by atoms with E-state index in [0.717, 1.165) is 5.56 Å². The molecule has 0 unspecified atom stereocenters. The van der Waals surface area contributed by atoms with Crippen molar-refractivity contribution < 1.29 is 9.53 Å². The number of amides is 1. The van der Waals surface area contributed by atoms with Crippen LogP contribution in [0.5, 0.6) is 0 Å². The van der Waals surface area contributed by atoms with Gasteiger partial charge in [0.25, 0.3) is 5.91 Å². The fourth-order valence-corrected chi connectivity index (χ4v) is 3.14. The van der Waals surface area contributed by atoms with Gasteiger partial charge in [-0.05, 0) is 23.3 Å². The summed E-state index contributed by atoms with van der Waals surface area (Å²) in [7, 11) is 1.66. The number of methoxy groups -OCH3 is 1. The Morgan fingerprint density at radius 3 is 2.48 bits per heavy atom. The zero-order chi connectivity index (χ0) is 16.2. The largest absolute Gasteiger partial charge is 0.380 e. The summed E-state index contributed by atoms with van der Waals surface area (Å²) in [4.78, 5) is 14.5. The van der Waals surface area contributed by atoms with Gasteiger partial charge in [0.05, 0.1) is 6.61 Å². The van der Waals surface area contributed by atoms with E-state index in [1.165, 1.54) is 5.56 Å². The number of ether oxygens (including phenoxy) is 1. The smallest absolute Gasteiger partial charge is 0.253 e. The molecule has 4 heteroatoms. The molecule has 0 spiro atoms. The van der Waals surface area contributed by atoms with Crippen molar-refractivity contribution in [2.45, 2.75) is 18.6 Å². The second-order valence-corrected chi connectivity index (χ2v) is 6.02. The highest BCUT2D eigenvalue weighted by Gasteiger charge is 2.34. The SMILES string of the molecule is COCc1ccc(C(=O)N2C[C@@H](N)[C@H](c3ccccc3)C2)cc1. The number of nitrogens with zero attached hydrogens (tertiary/aromatic N) is 1. The van der Waals surface area contributed by atoms with Crippen LogP contribution in [0.3, 0.4) is 0 Å². The van der Waals surface area contributed by atoms with Crippen molar-refractivity contribution in [2.24, 2.45) is 5.73 Å². The van der Waals surface area contributed by atoms with Gasteiger partial charge in [0, 0.05) is 37.7 Å². The van der Waals surface area contributed by atoms with Crippen molar-refractivity contribution in [1.29, 1.82) is 0 Å². The number of carbonyl (C=O) groups is 1. The van der Waals surface area contributed by atoms with Crippen LogP contribution in [0.25, 0.3) is 0 Å². The van der Waals surface area contributed by atoms with Gasteiger partial charge in [0.1, 0.15) is 0 Å². The molecule has 23 heavy (non-hydrogen) atoms. The lowest BCUT2D eigenvalue weighted by Gasteiger charge is -2.17. The predicted octanol–water partition coefficient (Wildman–Crippen LogP) is 2.40. The predicted molar refractivity (Wildman–Crippen MR) is 90.2 cm³/mol. The van der Waals surface area contributed by atoms with Crippen molar-refractivity contribution in [3.05, 3.63) is 71.3 Å². The lowest BCUT2D eigenvalue weighted by molar-refractivity contribution is 0.0789. The normalized spacial score (nSPS) is 20.7. The van der Waals surface area contributed by atoms with Crippen LogP contribution in [0.15, 0.2) is 54.6 Å². The molecule has 0 aromatic heterocycles. The maximum absolute atomic E-state index is 12.7. The van der Waals surface area contributed by atoms with E-state index < -0.39 is 0 Å². The first-order valence-corrected chi connectivity index (χ1v) is 7.86. The van der Waals surface area contributed by atoms with E-state index in [4.69, 9.17) is 10.5 Å². The van der Waals surface area contributed by atoms with E-state index in [2.05, 4.69) is 12.1 Å². The lowest BCUT2D eigenvalue weighted by atomic mass is 9.95. The summed E-state index contributed by atoms with van der Waals surface area (Å²) in [6.45, 7) is 1.82. The van der Waals surface area contributed by atoms with Crippen molar-refractivity contribution in [1.82, 2.24) is 4.90 Å². The monoisotopic (exact) mass is 310 g/mol. The topological polar surface area (TPSA) is 55.6 Å². The van der Waals surface area contributed by atoms with E-state index in [1.807, 2.05) is 47.4 Å². The molecule has 0 aliphatic carbocycles. The Morgan fingerprint density at radius 1 is 1.13 bits per heavy atom. The molecule has 2 aromatic rings. The molecule has 120 valence electrons. The van der Waals surface area contributed by atoms with Gasteiger partial charge in [0.15, 0.2) is 0 Å². The summed E-state index contributed by atoms with van der Waals surface area (Å²) in [5.74, 6) is 0.246. The zero-order valence-electron chi connectivity index (χ0n) is 13.3. The molecule has 1 amide bonds. The van der Waals surface area contributed by atoms with Gasteiger partial charge in [0.2, 0.25) is 0 Å². The first kappa shape index (κ1) is 15.7. The minimum absolute atomic E-state index is 0.0193. The van der Waals surface area contributed by atoms with Gasteiger partial charge < -0.3 is 15.4 Å². The fraction of sp³-hybridized carbons (Fsp3) is 0.316. The van der Waals surface area contributed by atoms with E-state index in [0.29, 0.717) is 25.3 Å². The highest BCUT2D eigenvalue weighted by atomic mass is 16.5. The number of nitrogens with two attached hydrogens (primary N) is 1. The third-order valence-electron chi connectivity index (χ3n) is 4.39. The van der Waals surface area contributed by atoms with Gasteiger partial charge in [-0.2, -0.15) is 0 Å². The van der Waals surface area contributed by atoms with E-state index in [9.17, 15) is 4.79 Å². The van der Waals surface area contributed by atoms with Gasteiger partial charge in [-0.3, -0.25) is 4.79 Å². The molecule has 1 aliphatic heterocycles. The summed E-state index contributed by atoms with van der Waals surface area (Å²) < 4.78 is 5.09. The average molecular weight is 310 g/mol. The maximum Gasteiger partial charge on any atom is 0.253 e. The summed E-state index contributed by atoms with van der Waals surface area (Å²) in [5, 5.41) is 0. The molecule has 3 rings (SSSR count). The van der Waals surface area contributed by atoms with Crippen LogP contribution < -0.4 is 5.73 Å². The van der Waals surface area contributed by atoms with Crippen molar-refractivity contribution in [2.75, 3.05) is 20.2 Å². The van der Waals surface area contributed by atoms with Crippen molar-refractivity contribution >= 4 is 5.91 Å². The Bertz CT molecular complexity index is 655. The minimum Gasteiger partial charge on any atom is -0.380 e. The van der Waals surface area contributed by atoms with Crippen LogP contribution in [0.4, 0.5) is 0 Å². The molecule has 0 radical (unpaired) electrons. The standard InChI is InChI=1S/C19H22N2O2/c1-23-13-14-7-9-16(10-8-14)19(22)21-11-17(18(20)12-21)15-5-3-2-4-6-15/h2-10,17-18H,11-13,20H2,1H3/t17-,18+/m0/s1. The molecular formula is C19H22N2O2. The first-order chi connectivity index (χ1) is 11.2. The highest BCUT2D eigenvalue weighted by Crippen LogP contribution is 2.27. The number of carbonyl (C=O) groups excluding carboxylic acids is 1. The Morgan fingerprint density at radius 2 is 1.83 bits per heavy atom. The quantitative estimate of drug-likeness (QED) is 0.943. The summed E-state index contributed by atoms with van der Waals surface area (Å²) >= 11 is 0. The Hall–Kier alpha value is -2.17. The van der Waals surface area contributed by atoms with Crippen LogP contribution >= 0.6 is 0 Å². The van der Waals surface area contributed by atoms with Crippen molar-refractivity contribution in [3.8, 4) is 0 Å². The summed E-state index contributed by atoms with van der Waals surface area (Å²) in [6.07, 6.45) is 0. The molecule has 0 bridgehead atoms. The molecular weight excluding hydrogens is 288 g/mol. The molecule has 1 aliphatic rings. The van der Waals surface area contributed by atoms with Gasteiger partial charge >= 0.3 is 0 Å². The molecule has 2 N–H and O–H groups in total. The molecule has 2 aromatic carbocycles. The number of rotatable bonds is 4. The third kappa shape index (κ3) is 3.44.